The Hall–Kier alpha value is -2.87. The third kappa shape index (κ3) is 3.80. The molecule has 7 nitrogen and oxygen atoms in total. The second kappa shape index (κ2) is 7.35. The minimum Gasteiger partial charge on any atom is -0.365 e. The van der Waals surface area contributed by atoms with Gasteiger partial charge >= 0.3 is 11.8 Å². The van der Waals surface area contributed by atoms with Crippen molar-refractivity contribution in [3.05, 3.63) is 46.3 Å². The summed E-state index contributed by atoms with van der Waals surface area (Å²) >= 11 is 1.32. The van der Waals surface area contributed by atoms with E-state index < -0.39 is 17.7 Å². The maximum atomic E-state index is 12.1. The lowest BCUT2D eigenvalue weighted by molar-refractivity contribution is -0.135. The molecular formula is C17H18N4O3S. The first kappa shape index (κ1) is 17.0. The number of nitrogens with two attached hydrogens (primary N) is 1. The second-order valence-corrected chi connectivity index (χ2v) is 6.78. The van der Waals surface area contributed by atoms with Gasteiger partial charge in [-0.2, -0.15) is 0 Å². The number of hydrazine groups is 1. The average Bonchev–Trinajstić information content (AvgIpc) is 2.98. The number of nitrogens with one attached hydrogen (secondary N) is 3. The highest BCUT2D eigenvalue weighted by Gasteiger charge is 2.26. The molecule has 1 aromatic carbocycles. The normalized spacial score (nSPS) is 12.8. The fourth-order valence-electron chi connectivity index (χ4n) is 2.78. The maximum Gasteiger partial charge on any atom is 0.327 e. The van der Waals surface area contributed by atoms with Crippen molar-refractivity contribution in [1.82, 2.24) is 5.43 Å². The molecule has 5 N–H and O–H groups in total. The molecule has 0 fully saturated rings. The highest BCUT2D eigenvalue weighted by molar-refractivity contribution is 7.17. The Balaban J connectivity index is 1.69. The van der Waals surface area contributed by atoms with Crippen molar-refractivity contribution in [2.75, 3.05) is 10.7 Å². The molecule has 1 heterocycles. The highest BCUT2D eigenvalue weighted by Crippen LogP contribution is 2.37. The fraction of sp³-hybridized carbons (Fsp3) is 0.235. The van der Waals surface area contributed by atoms with Gasteiger partial charge in [0.25, 0.3) is 5.91 Å². The third-order valence-corrected chi connectivity index (χ3v) is 5.15. The third-order valence-electron chi connectivity index (χ3n) is 3.95. The van der Waals surface area contributed by atoms with E-state index in [0.29, 0.717) is 16.3 Å². The summed E-state index contributed by atoms with van der Waals surface area (Å²) < 4.78 is 0. The molecule has 0 spiro atoms. The topological polar surface area (TPSA) is 113 Å². The predicted octanol–water partition coefficient (Wildman–Crippen LogP) is 1.81. The molecule has 1 aliphatic carbocycles. The van der Waals surface area contributed by atoms with Gasteiger partial charge in [0.05, 0.1) is 11.3 Å². The van der Waals surface area contributed by atoms with E-state index in [2.05, 4.69) is 16.2 Å². The number of amides is 3. The summed E-state index contributed by atoms with van der Waals surface area (Å²) in [6, 6.07) is 8.92. The van der Waals surface area contributed by atoms with E-state index in [1.54, 1.807) is 24.3 Å². The Bertz CT molecular complexity index is 817. The van der Waals surface area contributed by atoms with Crippen LogP contribution in [0.25, 0.3) is 0 Å². The van der Waals surface area contributed by atoms with Gasteiger partial charge in [-0.3, -0.25) is 25.2 Å². The van der Waals surface area contributed by atoms with Crippen LogP contribution in [-0.2, 0) is 22.4 Å². The lowest BCUT2D eigenvalue weighted by Gasteiger charge is -2.11. The standard InChI is InChI=1S/C17H18N4O3S/c18-14(22)13-11-8-4-5-9-12(11)25-17(13)19-15(23)16(24)21-20-10-6-2-1-3-7-10/h1-3,6-7,20H,4-5,8-9H2,(H2,18,22)(H,19,23)(H,21,24). The molecule has 0 aliphatic heterocycles. The molecule has 0 saturated heterocycles. The number of hydrogen-bond acceptors (Lipinski definition) is 5. The molecule has 8 heteroatoms. The summed E-state index contributed by atoms with van der Waals surface area (Å²) in [5.74, 6) is -2.30. The lowest BCUT2D eigenvalue weighted by atomic mass is 9.95. The first-order valence-corrected chi connectivity index (χ1v) is 8.74. The monoisotopic (exact) mass is 358 g/mol. The molecule has 3 amide bonds. The van der Waals surface area contributed by atoms with Gasteiger partial charge in [-0.05, 0) is 43.4 Å². The van der Waals surface area contributed by atoms with Crippen LogP contribution in [-0.4, -0.2) is 17.7 Å². The zero-order valence-electron chi connectivity index (χ0n) is 13.4. The summed E-state index contributed by atoms with van der Waals surface area (Å²) in [5.41, 5.74) is 12.3. The molecule has 130 valence electrons. The van der Waals surface area contributed by atoms with Crippen molar-refractivity contribution in [2.45, 2.75) is 25.7 Å². The van der Waals surface area contributed by atoms with Crippen LogP contribution in [0.2, 0.25) is 0 Å². The van der Waals surface area contributed by atoms with Crippen LogP contribution in [0, 0.1) is 0 Å². The Labute approximate surface area is 148 Å². The summed E-state index contributed by atoms with van der Waals surface area (Å²) in [6.07, 6.45) is 3.65. The second-order valence-electron chi connectivity index (χ2n) is 5.68. The molecule has 1 aromatic heterocycles. The van der Waals surface area contributed by atoms with E-state index in [1.807, 2.05) is 6.07 Å². The van der Waals surface area contributed by atoms with E-state index in [1.165, 1.54) is 11.3 Å². The molecule has 2 aromatic rings. The van der Waals surface area contributed by atoms with E-state index in [4.69, 9.17) is 5.73 Å². The minimum absolute atomic E-state index is 0.330. The summed E-state index contributed by atoms with van der Waals surface area (Å²) in [5, 5.41) is 2.86. The average molecular weight is 358 g/mol. The predicted molar refractivity (Wildman–Crippen MR) is 96.3 cm³/mol. The van der Waals surface area contributed by atoms with Crippen molar-refractivity contribution in [1.29, 1.82) is 0 Å². The van der Waals surface area contributed by atoms with E-state index in [-0.39, 0.29) is 0 Å². The number of benzene rings is 1. The molecule has 25 heavy (non-hydrogen) atoms. The van der Waals surface area contributed by atoms with Crippen LogP contribution in [0.3, 0.4) is 0 Å². The Morgan fingerprint density at radius 2 is 1.72 bits per heavy atom. The van der Waals surface area contributed by atoms with Gasteiger partial charge < -0.3 is 11.1 Å². The van der Waals surface area contributed by atoms with Gasteiger partial charge in [0, 0.05) is 4.88 Å². The Morgan fingerprint density at radius 1 is 1.00 bits per heavy atom. The van der Waals surface area contributed by atoms with Crippen molar-refractivity contribution in [3.63, 3.8) is 0 Å². The van der Waals surface area contributed by atoms with Crippen LogP contribution >= 0.6 is 11.3 Å². The zero-order chi connectivity index (χ0) is 17.8. The number of anilines is 2. The van der Waals surface area contributed by atoms with E-state index in [0.717, 1.165) is 36.1 Å². The SMILES string of the molecule is NC(=O)c1c(NC(=O)C(=O)NNc2ccccc2)sc2c1CCCC2. The molecule has 0 radical (unpaired) electrons. The molecule has 3 rings (SSSR count). The van der Waals surface area contributed by atoms with Gasteiger partial charge in [0.15, 0.2) is 0 Å². The van der Waals surface area contributed by atoms with Crippen molar-refractivity contribution >= 4 is 39.7 Å². The molecule has 0 unspecified atom stereocenters. The fourth-order valence-corrected chi connectivity index (χ4v) is 4.07. The summed E-state index contributed by atoms with van der Waals surface area (Å²) in [7, 11) is 0. The highest BCUT2D eigenvalue weighted by atomic mass is 32.1. The first-order chi connectivity index (χ1) is 12.1. The van der Waals surface area contributed by atoms with Gasteiger partial charge in [-0.25, -0.2) is 0 Å². The number of thiophene rings is 1. The van der Waals surface area contributed by atoms with Gasteiger partial charge in [-0.1, -0.05) is 18.2 Å². The van der Waals surface area contributed by atoms with Crippen LogP contribution in [0.15, 0.2) is 30.3 Å². The van der Waals surface area contributed by atoms with Crippen molar-refractivity contribution in [2.24, 2.45) is 5.73 Å². The van der Waals surface area contributed by atoms with Crippen LogP contribution < -0.4 is 21.9 Å². The number of hydrogen-bond donors (Lipinski definition) is 4. The summed E-state index contributed by atoms with van der Waals surface area (Å²) in [4.78, 5) is 36.9. The first-order valence-electron chi connectivity index (χ1n) is 7.93. The number of carbonyl (C=O) groups excluding carboxylic acids is 3. The molecule has 1 aliphatic rings. The Kier molecular flexibility index (Phi) is 4.99. The number of rotatable bonds is 4. The summed E-state index contributed by atoms with van der Waals surface area (Å²) in [6.45, 7) is 0. The zero-order valence-corrected chi connectivity index (χ0v) is 14.2. The number of primary amides is 1. The number of carbonyl (C=O) groups is 3. The smallest absolute Gasteiger partial charge is 0.327 e. The molecule has 0 bridgehead atoms. The van der Waals surface area contributed by atoms with Gasteiger partial charge in [0.1, 0.15) is 5.00 Å². The van der Waals surface area contributed by atoms with Crippen molar-refractivity contribution < 1.29 is 14.4 Å². The minimum atomic E-state index is -0.857. The van der Waals surface area contributed by atoms with Crippen molar-refractivity contribution in [3.8, 4) is 0 Å². The largest absolute Gasteiger partial charge is 0.365 e. The van der Waals surface area contributed by atoms with Gasteiger partial charge in [0.2, 0.25) is 0 Å². The molecule has 0 atom stereocenters. The molecular weight excluding hydrogens is 340 g/mol. The van der Waals surface area contributed by atoms with E-state index >= 15 is 0 Å². The number of aryl methyl sites for hydroxylation is 1. The van der Waals surface area contributed by atoms with E-state index in [9.17, 15) is 14.4 Å². The molecule has 0 saturated carbocycles. The van der Waals surface area contributed by atoms with Crippen LogP contribution in [0.4, 0.5) is 10.7 Å². The van der Waals surface area contributed by atoms with Crippen LogP contribution in [0.1, 0.15) is 33.6 Å². The number of fused-ring (bicyclic) bond motifs is 1. The Morgan fingerprint density at radius 3 is 2.44 bits per heavy atom. The number of para-hydroxylation sites is 1. The van der Waals surface area contributed by atoms with Crippen LogP contribution in [0.5, 0.6) is 0 Å². The quantitative estimate of drug-likeness (QED) is 0.493. The maximum absolute atomic E-state index is 12.1. The van der Waals surface area contributed by atoms with Gasteiger partial charge in [-0.15, -0.1) is 11.3 Å². The lowest BCUT2D eigenvalue weighted by Crippen LogP contribution is -2.38.